The molecule has 1 heterocycles. The molecule has 0 saturated carbocycles. The first kappa shape index (κ1) is 11.0. The molecule has 0 amide bonds. The first-order chi connectivity index (χ1) is 8.79. The topological polar surface area (TPSA) is 48.7 Å². The van der Waals surface area contributed by atoms with Crippen LogP contribution in [0.3, 0.4) is 0 Å². The largest absolute Gasteiger partial charge is 0.467 e. The van der Waals surface area contributed by atoms with Crippen molar-refractivity contribution < 1.29 is 18.7 Å². The number of para-hydroxylation sites is 1. The molecule has 1 aliphatic rings. The number of carbonyl (C=O) groups is 1. The summed E-state index contributed by atoms with van der Waals surface area (Å²) in [6.45, 7) is -0.0650. The van der Waals surface area contributed by atoms with Crippen LogP contribution in [0.2, 0.25) is 0 Å². The van der Waals surface area contributed by atoms with E-state index < -0.39 is 0 Å². The zero-order chi connectivity index (χ0) is 12.5. The van der Waals surface area contributed by atoms with Crippen LogP contribution >= 0.6 is 0 Å². The van der Waals surface area contributed by atoms with Crippen LogP contribution in [-0.2, 0) is 14.3 Å². The Labute approximate surface area is 104 Å². The molecule has 4 nitrogen and oxygen atoms in total. The Hall–Kier alpha value is -2.07. The first-order valence-electron chi connectivity index (χ1n) is 5.67. The number of rotatable bonds is 3. The van der Waals surface area contributed by atoms with E-state index >= 15 is 0 Å². The third-order valence-electron chi connectivity index (χ3n) is 2.98. The number of methoxy groups -OCH3 is 1. The summed E-state index contributed by atoms with van der Waals surface area (Å²) >= 11 is 0. The number of ether oxygens (including phenoxy) is 2. The van der Waals surface area contributed by atoms with Gasteiger partial charge in [-0.15, -0.1) is 0 Å². The Kier molecular flexibility index (Phi) is 2.64. The fourth-order valence-corrected chi connectivity index (χ4v) is 2.13. The van der Waals surface area contributed by atoms with Gasteiger partial charge in [0, 0.05) is 10.9 Å². The molecule has 0 fully saturated rings. The van der Waals surface area contributed by atoms with Crippen molar-refractivity contribution in [1.29, 1.82) is 0 Å². The highest BCUT2D eigenvalue weighted by Gasteiger charge is 2.25. The van der Waals surface area contributed by atoms with Gasteiger partial charge in [0.25, 0.3) is 0 Å². The van der Waals surface area contributed by atoms with Crippen LogP contribution in [0.1, 0.15) is 17.4 Å². The minimum Gasteiger partial charge on any atom is -0.467 e. The van der Waals surface area contributed by atoms with Crippen LogP contribution in [0.25, 0.3) is 17.0 Å². The summed E-state index contributed by atoms with van der Waals surface area (Å²) in [5.41, 5.74) is 1.81. The summed E-state index contributed by atoms with van der Waals surface area (Å²) in [5.74, 6) is 0.413. The molecule has 0 aliphatic heterocycles. The maximum Gasteiger partial charge on any atom is 0.331 e. The zero-order valence-corrected chi connectivity index (χ0v) is 9.88. The summed E-state index contributed by atoms with van der Waals surface area (Å²) in [5, 5.41) is 1.02. The SMILES string of the molecule is COC(=O)COC1C=Cc2oc3ccccc3c21. The molecule has 0 bridgehead atoms. The molecule has 18 heavy (non-hydrogen) atoms. The molecule has 3 rings (SSSR count). The standard InChI is InChI=1S/C14H12O4/c1-16-13(15)8-17-11-6-7-12-14(11)9-4-2-3-5-10(9)18-12/h2-7,11H,8H2,1H3. The molecule has 0 radical (unpaired) electrons. The second kappa shape index (κ2) is 4.31. The average Bonchev–Trinajstić information content (AvgIpc) is 2.94. The molecule has 0 N–H and O–H groups in total. The van der Waals surface area contributed by atoms with Crippen molar-refractivity contribution in [3.63, 3.8) is 0 Å². The van der Waals surface area contributed by atoms with Crippen molar-refractivity contribution in [3.8, 4) is 0 Å². The molecule has 4 heteroatoms. The van der Waals surface area contributed by atoms with E-state index in [1.54, 1.807) is 0 Å². The number of furan rings is 1. The summed E-state index contributed by atoms with van der Waals surface area (Å²) in [6, 6.07) is 7.78. The molecule has 1 atom stereocenters. The Morgan fingerprint density at radius 3 is 3.06 bits per heavy atom. The van der Waals surface area contributed by atoms with Gasteiger partial charge in [-0.25, -0.2) is 4.79 Å². The highest BCUT2D eigenvalue weighted by atomic mass is 16.6. The van der Waals surface area contributed by atoms with E-state index in [0.29, 0.717) is 0 Å². The van der Waals surface area contributed by atoms with Gasteiger partial charge in [0.2, 0.25) is 0 Å². The lowest BCUT2D eigenvalue weighted by molar-refractivity contribution is -0.147. The van der Waals surface area contributed by atoms with Gasteiger partial charge in [0.15, 0.2) is 0 Å². The maximum atomic E-state index is 11.1. The van der Waals surface area contributed by atoms with Crippen LogP contribution in [0.4, 0.5) is 0 Å². The van der Waals surface area contributed by atoms with Crippen LogP contribution in [0.15, 0.2) is 34.8 Å². The predicted molar refractivity (Wildman–Crippen MR) is 66.0 cm³/mol. The van der Waals surface area contributed by atoms with Gasteiger partial charge in [-0.1, -0.05) is 18.2 Å². The zero-order valence-electron chi connectivity index (χ0n) is 9.88. The number of esters is 1. The quantitative estimate of drug-likeness (QED) is 0.779. The third-order valence-corrected chi connectivity index (χ3v) is 2.98. The van der Waals surface area contributed by atoms with Gasteiger partial charge in [0.05, 0.1) is 7.11 Å². The van der Waals surface area contributed by atoms with Crippen molar-refractivity contribution in [2.45, 2.75) is 6.10 Å². The van der Waals surface area contributed by atoms with E-state index in [0.717, 1.165) is 22.3 Å². The van der Waals surface area contributed by atoms with Gasteiger partial charge in [-0.3, -0.25) is 0 Å². The van der Waals surface area contributed by atoms with E-state index in [9.17, 15) is 4.79 Å². The van der Waals surface area contributed by atoms with E-state index in [4.69, 9.17) is 9.15 Å². The predicted octanol–water partition coefficient (Wildman–Crippen LogP) is 2.69. The van der Waals surface area contributed by atoms with Gasteiger partial charge in [-0.05, 0) is 18.2 Å². The fourth-order valence-electron chi connectivity index (χ4n) is 2.13. The minimum atomic E-state index is -0.385. The Morgan fingerprint density at radius 2 is 2.22 bits per heavy atom. The molecular formula is C14H12O4. The highest BCUT2D eigenvalue weighted by Crippen LogP contribution is 2.38. The molecule has 1 aromatic heterocycles. The fraction of sp³-hybridized carbons (Fsp3) is 0.214. The van der Waals surface area contributed by atoms with Crippen LogP contribution in [-0.4, -0.2) is 19.7 Å². The van der Waals surface area contributed by atoms with E-state index in [-0.39, 0.29) is 18.7 Å². The van der Waals surface area contributed by atoms with E-state index in [1.165, 1.54) is 7.11 Å². The first-order valence-corrected chi connectivity index (χ1v) is 5.67. The molecule has 2 aromatic rings. The third kappa shape index (κ3) is 1.71. The lowest BCUT2D eigenvalue weighted by Gasteiger charge is -2.09. The minimum absolute atomic E-state index is 0.0650. The number of fused-ring (bicyclic) bond motifs is 3. The molecule has 1 aromatic carbocycles. The van der Waals surface area contributed by atoms with Crippen molar-refractivity contribution in [2.24, 2.45) is 0 Å². The van der Waals surface area contributed by atoms with Crippen molar-refractivity contribution in [3.05, 3.63) is 41.7 Å². The van der Waals surface area contributed by atoms with Crippen LogP contribution < -0.4 is 0 Å². The summed E-state index contributed by atoms with van der Waals surface area (Å²) < 4.78 is 15.8. The Balaban J connectivity index is 1.90. The van der Waals surface area contributed by atoms with Crippen molar-refractivity contribution in [2.75, 3.05) is 13.7 Å². The van der Waals surface area contributed by atoms with Gasteiger partial charge in [0.1, 0.15) is 24.1 Å². The summed E-state index contributed by atoms with van der Waals surface area (Å²) in [4.78, 5) is 11.1. The molecular weight excluding hydrogens is 232 g/mol. The highest BCUT2D eigenvalue weighted by molar-refractivity contribution is 5.87. The Morgan fingerprint density at radius 1 is 1.39 bits per heavy atom. The van der Waals surface area contributed by atoms with Gasteiger partial charge in [-0.2, -0.15) is 0 Å². The smallest absolute Gasteiger partial charge is 0.331 e. The summed E-state index contributed by atoms with van der Waals surface area (Å²) in [7, 11) is 1.34. The van der Waals surface area contributed by atoms with Crippen molar-refractivity contribution in [1.82, 2.24) is 0 Å². The number of carbonyl (C=O) groups excluding carboxylic acids is 1. The summed E-state index contributed by atoms with van der Waals surface area (Å²) in [6.07, 6.45) is 3.50. The molecule has 0 spiro atoms. The molecule has 0 saturated heterocycles. The second-order valence-electron chi connectivity index (χ2n) is 4.04. The van der Waals surface area contributed by atoms with Crippen LogP contribution in [0.5, 0.6) is 0 Å². The molecule has 1 unspecified atom stereocenters. The Bertz CT molecular complexity index is 624. The number of hydrogen-bond acceptors (Lipinski definition) is 4. The second-order valence-corrected chi connectivity index (χ2v) is 4.04. The molecule has 1 aliphatic carbocycles. The van der Waals surface area contributed by atoms with Crippen LogP contribution in [0, 0.1) is 0 Å². The van der Waals surface area contributed by atoms with E-state index in [1.807, 2.05) is 36.4 Å². The number of benzene rings is 1. The van der Waals surface area contributed by atoms with Crippen molar-refractivity contribution >= 4 is 23.0 Å². The lowest BCUT2D eigenvalue weighted by atomic mass is 10.1. The number of hydrogen-bond donors (Lipinski definition) is 0. The lowest BCUT2D eigenvalue weighted by Crippen LogP contribution is -2.12. The average molecular weight is 244 g/mol. The normalized spacial score (nSPS) is 17.1. The van der Waals surface area contributed by atoms with E-state index in [2.05, 4.69) is 4.74 Å². The monoisotopic (exact) mass is 244 g/mol. The van der Waals surface area contributed by atoms with Gasteiger partial charge < -0.3 is 13.9 Å². The van der Waals surface area contributed by atoms with Gasteiger partial charge >= 0.3 is 5.97 Å². The maximum absolute atomic E-state index is 11.1. The molecule has 92 valence electrons.